The number of hydrogen-bond acceptors (Lipinski definition) is 6. The van der Waals surface area contributed by atoms with Crippen LogP contribution in [0, 0.1) is 41.5 Å². The van der Waals surface area contributed by atoms with Crippen molar-refractivity contribution in [1.82, 2.24) is 0 Å². The topological polar surface area (TPSA) is 0 Å². The van der Waals surface area contributed by atoms with Crippen LogP contribution < -0.4 is 0 Å². The van der Waals surface area contributed by atoms with Crippen LogP contribution in [0.15, 0.2) is 10.8 Å². The van der Waals surface area contributed by atoms with Crippen molar-refractivity contribution in [1.29, 1.82) is 0 Å². The Labute approximate surface area is 466 Å². The highest BCUT2D eigenvalue weighted by molar-refractivity contribution is 7.31. The monoisotopic (exact) mass is 1080 g/mol. The minimum absolute atomic E-state index is 1.19. The summed E-state index contributed by atoms with van der Waals surface area (Å²) in [5, 5.41) is 4.99. The van der Waals surface area contributed by atoms with Crippen molar-refractivity contribution in [2.45, 2.75) is 276 Å². The number of thiophene rings is 6. The number of aryl methyl sites for hydroxylation is 2. The normalized spacial score (nSPS) is 11.9. The Morgan fingerprint density at radius 3 is 0.861 bits per heavy atom. The third kappa shape index (κ3) is 14.8. The largest absolute Gasteiger partial charge is 0.142 e. The van der Waals surface area contributed by atoms with E-state index in [4.69, 9.17) is 0 Å². The first-order chi connectivity index (χ1) is 35.1. The van der Waals surface area contributed by atoms with Crippen LogP contribution >= 0.6 is 68.0 Å². The maximum Gasteiger partial charge on any atom is 0.0487 e. The van der Waals surface area contributed by atoms with Gasteiger partial charge in [-0.15, -0.1) is 68.0 Å². The maximum atomic E-state index is 2.54. The van der Waals surface area contributed by atoms with Crippen molar-refractivity contribution >= 4 is 68.0 Å². The molecule has 0 aliphatic heterocycles. The Balaban J connectivity index is 1.53. The summed E-state index contributed by atoms with van der Waals surface area (Å²) in [5.41, 5.74) is 19.3. The third-order valence-corrected chi connectivity index (χ3v) is 24.5. The molecule has 0 saturated carbocycles. The lowest BCUT2D eigenvalue weighted by atomic mass is 9.95. The van der Waals surface area contributed by atoms with Gasteiger partial charge < -0.3 is 0 Å². The second-order valence-corrected chi connectivity index (χ2v) is 27.6. The van der Waals surface area contributed by atoms with Gasteiger partial charge in [-0.05, 0) is 196 Å². The summed E-state index contributed by atoms with van der Waals surface area (Å²) < 4.78 is 0. The molecule has 0 radical (unpaired) electrons. The van der Waals surface area contributed by atoms with Gasteiger partial charge in [0.1, 0.15) is 0 Å². The lowest BCUT2D eigenvalue weighted by Crippen LogP contribution is -1.93. The smallest absolute Gasteiger partial charge is 0.0487 e. The van der Waals surface area contributed by atoms with Crippen molar-refractivity contribution in [3.63, 3.8) is 0 Å². The maximum absolute atomic E-state index is 2.54. The van der Waals surface area contributed by atoms with Crippen LogP contribution in [-0.4, -0.2) is 0 Å². The van der Waals surface area contributed by atoms with E-state index < -0.39 is 0 Å². The molecule has 72 heavy (non-hydrogen) atoms. The van der Waals surface area contributed by atoms with Crippen LogP contribution in [0.25, 0.3) is 48.8 Å². The van der Waals surface area contributed by atoms with Crippen LogP contribution in [0.2, 0.25) is 0 Å². The zero-order chi connectivity index (χ0) is 51.6. The Morgan fingerprint density at radius 1 is 0.250 bits per heavy atom. The molecule has 0 spiro atoms. The van der Waals surface area contributed by atoms with Gasteiger partial charge in [0.2, 0.25) is 0 Å². The molecule has 0 aliphatic rings. The molecule has 6 heteroatoms. The molecule has 0 atom stereocenters. The lowest BCUT2D eigenvalue weighted by Gasteiger charge is -2.08. The molecular weight excluding hydrogens is 985 g/mol. The van der Waals surface area contributed by atoms with Crippen molar-refractivity contribution in [3.8, 4) is 48.8 Å². The van der Waals surface area contributed by atoms with E-state index in [9.17, 15) is 0 Å². The van der Waals surface area contributed by atoms with Gasteiger partial charge in [-0.1, -0.05) is 157 Å². The van der Waals surface area contributed by atoms with Gasteiger partial charge in [-0.2, -0.15) is 0 Å². The number of unbranched alkanes of at least 4 members (excludes halogenated alkanes) is 18. The van der Waals surface area contributed by atoms with Gasteiger partial charge in [0.05, 0.1) is 0 Å². The van der Waals surface area contributed by atoms with Crippen molar-refractivity contribution < 1.29 is 0 Å². The summed E-state index contributed by atoms with van der Waals surface area (Å²) in [6.07, 6.45) is 38.7. The van der Waals surface area contributed by atoms with E-state index in [0.717, 1.165) is 0 Å². The van der Waals surface area contributed by atoms with E-state index >= 15 is 0 Å². The zero-order valence-corrected chi connectivity index (χ0v) is 52.7. The standard InChI is InChI=1S/C66H98S6/c1-13-19-25-31-37-51-44-68-57(46(51)8)63-53(39-33-27-21-15-3)48(10)59(70-63)65-55(41-35-29-23-17-5)50(12)61(72-65)66-56(42-36-30-24-18-6)49(11)60(71-66)64-54(40-34-28-22-16-4)47(9)58(69-64)62-52(45(7)43-67-62)38-32-26-20-14-2/h43-44H,13-42H2,1-12H3. The second-order valence-electron chi connectivity index (χ2n) is 21.8. The quantitative estimate of drug-likeness (QED) is 0.0348. The average molecular weight is 1080 g/mol. The summed E-state index contributed by atoms with van der Waals surface area (Å²) >= 11 is 12.8. The first-order valence-electron chi connectivity index (χ1n) is 29.7. The number of rotatable bonds is 35. The Hall–Kier alpha value is -1.80. The van der Waals surface area contributed by atoms with Gasteiger partial charge in [-0.3, -0.25) is 0 Å². The van der Waals surface area contributed by atoms with Crippen LogP contribution in [0.5, 0.6) is 0 Å². The summed E-state index contributed by atoms with van der Waals surface area (Å²) in [4.78, 5) is 15.9. The van der Waals surface area contributed by atoms with Crippen LogP contribution in [0.1, 0.15) is 262 Å². The summed E-state index contributed by atoms with van der Waals surface area (Å²) in [5.74, 6) is 0. The molecular formula is C66H98S6. The molecule has 6 heterocycles. The molecule has 6 rings (SSSR count). The van der Waals surface area contributed by atoms with E-state index in [1.165, 1.54) is 198 Å². The Morgan fingerprint density at radius 2 is 0.528 bits per heavy atom. The van der Waals surface area contributed by atoms with E-state index in [-0.39, 0.29) is 0 Å². The predicted octanol–water partition coefficient (Wildman–Crippen LogP) is 25.0. The molecule has 0 unspecified atom stereocenters. The molecule has 0 saturated heterocycles. The summed E-state index contributed by atoms with van der Waals surface area (Å²) in [6, 6.07) is 0. The first-order valence-corrected chi connectivity index (χ1v) is 34.7. The highest BCUT2D eigenvalue weighted by Gasteiger charge is 2.30. The Bertz CT molecular complexity index is 2530. The van der Waals surface area contributed by atoms with E-state index in [1.807, 2.05) is 22.7 Å². The molecule has 398 valence electrons. The molecule has 0 aromatic carbocycles. The first kappa shape index (κ1) is 59.4. The fraction of sp³-hybridized carbons (Fsp3) is 0.636. The van der Waals surface area contributed by atoms with E-state index in [1.54, 1.807) is 110 Å². The molecule has 0 N–H and O–H groups in total. The number of hydrogen-bond donors (Lipinski definition) is 0. The van der Waals surface area contributed by atoms with E-state index in [0.29, 0.717) is 0 Å². The van der Waals surface area contributed by atoms with Crippen LogP contribution in [0.3, 0.4) is 0 Å². The summed E-state index contributed by atoms with van der Waals surface area (Å²) in [6.45, 7) is 29.0. The molecule has 0 nitrogen and oxygen atoms in total. The average Bonchev–Trinajstić information content (AvgIpc) is 4.22. The highest BCUT2D eigenvalue weighted by Crippen LogP contribution is 2.56. The van der Waals surface area contributed by atoms with Gasteiger partial charge in [0.15, 0.2) is 0 Å². The minimum atomic E-state index is 1.19. The third-order valence-electron chi connectivity index (χ3n) is 16.1. The van der Waals surface area contributed by atoms with Crippen molar-refractivity contribution in [2.75, 3.05) is 0 Å². The zero-order valence-electron chi connectivity index (χ0n) is 47.8. The molecule has 0 bridgehead atoms. The molecule has 0 fully saturated rings. The van der Waals surface area contributed by atoms with Crippen molar-refractivity contribution in [3.05, 3.63) is 77.5 Å². The summed E-state index contributed by atoms with van der Waals surface area (Å²) in [7, 11) is 0. The molecule has 0 amide bonds. The molecule has 0 aliphatic carbocycles. The van der Waals surface area contributed by atoms with E-state index in [2.05, 4.69) is 139 Å². The molecule has 6 aromatic rings. The van der Waals surface area contributed by atoms with Gasteiger partial charge >= 0.3 is 0 Å². The Kier molecular flexibility index (Phi) is 25.4. The fourth-order valence-corrected chi connectivity index (χ4v) is 20.0. The van der Waals surface area contributed by atoms with Gasteiger partial charge in [0.25, 0.3) is 0 Å². The highest BCUT2D eigenvalue weighted by atomic mass is 32.1. The van der Waals surface area contributed by atoms with Crippen molar-refractivity contribution in [2.24, 2.45) is 0 Å². The van der Waals surface area contributed by atoms with Crippen LogP contribution in [0.4, 0.5) is 0 Å². The van der Waals surface area contributed by atoms with Crippen LogP contribution in [-0.2, 0) is 38.5 Å². The second kappa shape index (κ2) is 30.8. The predicted molar refractivity (Wildman–Crippen MR) is 336 cm³/mol. The van der Waals surface area contributed by atoms with Gasteiger partial charge in [-0.25, -0.2) is 0 Å². The SMILES string of the molecule is CCCCCCc1csc(-c2sc(-c3sc(-c4sc(-c5sc(-c6scc(C)c6CCCCCC)c(C)c5CCCCCC)c(C)c4CCCCCC)c(C)c3CCCCCC)c(C)c2CCCCCC)c1C. The fourth-order valence-electron chi connectivity index (χ4n) is 11.3. The lowest BCUT2D eigenvalue weighted by molar-refractivity contribution is 0.666. The minimum Gasteiger partial charge on any atom is -0.142 e. The molecule has 6 aromatic heterocycles. The van der Waals surface area contributed by atoms with Gasteiger partial charge in [0, 0.05) is 48.8 Å².